The molecule has 3 aromatic rings. The number of hydrogen-bond donors (Lipinski definition) is 1. The summed E-state index contributed by atoms with van der Waals surface area (Å²) in [5, 5.41) is 2.95. The van der Waals surface area contributed by atoms with Gasteiger partial charge in [0.05, 0.1) is 24.6 Å². The van der Waals surface area contributed by atoms with Crippen LogP contribution in [0.15, 0.2) is 71.6 Å². The van der Waals surface area contributed by atoms with Crippen LogP contribution in [0.5, 0.6) is 5.75 Å². The molecule has 4 rings (SSSR count). The number of nitrogens with zero attached hydrogens (tertiary/aromatic N) is 1. The van der Waals surface area contributed by atoms with Gasteiger partial charge in [0, 0.05) is 18.7 Å². The third-order valence-electron chi connectivity index (χ3n) is 5.44. The van der Waals surface area contributed by atoms with Crippen molar-refractivity contribution >= 4 is 27.4 Å². The predicted octanol–water partition coefficient (Wildman–Crippen LogP) is 4.16. The van der Waals surface area contributed by atoms with Crippen LogP contribution in [0.1, 0.15) is 21.5 Å². The van der Waals surface area contributed by atoms with Gasteiger partial charge >= 0.3 is 10.1 Å². The monoisotopic (exact) mass is 466 g/mol. The Labute approximate surface area is 194 Å². The largest absolute Gasteiger partial charge is 0.379 e. The fourth-order valence-corrected chi connectivity index (χ4v) is 4.91. The van der Waals surface area contributed by atoms with Crippen molar-refractivity contribution in [3.8, 4) is 5.75 Å². The third kappa shape index (κ3) is 5.35. The van der Waals surface area contributed by atoms with Gasteiger partial charge in [-0.1, -0.05) is 24.3 Å². The average molecular weight is 467 g/mol. The summed E-state index contributed by atoms with van der Waals surface area (Å²) in [5.74, 6) is -0.152. The SMILES string of the molecule is Cc1ccc(C)c(S(=O)(=O)Oc2ccc(C(=O)Nc3ccccc3N3CCOCC3)cc2)c1. The molecule has 8 heteroatoms. The van der Waals surface area contributed by atoms with E-state index in [-0.39, 0.29) is 16.6 Å². The second-order valence-corrected chi connectivity index (χ2v) is 9.42. The van der Waals surface area contributed by atoms with Gasteiger partial charge in [0.15, 0.2) is 0 Å². The van der Waals surface area contributed by atoms with Crippen LogP contribution in [0.25, 0.3) is 0 Å². The van der Waals surface area contributed by atoms with E-state index in [1.165, 1.54) is 12.1 Å². The number of nitrogens with one attached hydrogen (secondary N) is 1. The number of carbonyl (C=O) groups excluding carboxylic acids is 1. The van der Waals surface area contributed by atoms with E-state index < -0.39 is 10.1 Å². The molecule has 1 aliphatic rings. The first-order valence-electron chi connectivity index (χ1n) is 10.7. The maximum Gasteiger partial charge on any atom is 0.339 e. The summed E-state index contributed by atoms with van der Waals surface area (Å²) < 4.78 is 36.1. The lowest BCUT2D eigenvalue weighted by molar-refractivity contribution is 0.102. The quantitative estimate of drug-likeness (QED) is 0.549. The van der Waals surface area contributed by atoms with Gasteiger partial charge in [-0.3, -0.25) is 4.79 Å². The fraction of sp³-hybridized carbons (Fsp3) is 0.240. The van der Waals surface area contributed by atoms with E-state index in [0.29, 0.717) is 30.0 Å². The minimum Gasteiger partial charge on any atom is -0.379 e. The molecule has 3 aromatic carbocycles. The normalized spacial score (nSPS) is 14.1. The third-order valence-corrected chi connectivity index (χ3v) is 6.83. The van der Waals surface area contributed by atoms with E-state index in [0.717, 1.165) is 24.3 Å². The molecule has 7 nitrogen and oxygen atoms in total. The maximum atomic E-state index is 12.8. The Morgan fingerprint density at radius 1 is 0.970 bits per heavy atom. The summed E-state index contributed by atoms with van der Waals surface area (Å²) in [7, 11) is -3.98. The molecule has 0 atom stereocenters. The highest BCUT2D eigenvalue weighted by atomic mass is 32.2. The highest BCUT2D eigenvalue weighted by molar-refractivity contribution is 7.87. The molecule has 0 spiro atoms. The zero-order chi connectivity index (χ0) is 23.4. The van der Waals surface area contributed by atoms with E-state index >= 15 is 0 Å². The van der Waals surface area contributed by atoms with Crippen molar-refractivity contribution in [3.05, 3.63) is 83.4 Å². The van der Waals surface area contributed by atoms with Gasteiger partial charge in [-0.05, 0) is 67.4 Å². The molecule has 0 bridgehead atoms. The first kappa shape index (κ1) is 22.8. The minimum absolute atomic E-state index is 0.129. The highest BCUT2D eigenvalue weighted by Gasteiger charge is 2.20. The van der Waals surface area contributed by atoms with E-state index in [9.17, 15) is 13.2 Å². The molecular formula is C25H26N2O5S. The second kappa shape index (κ2) is 9.64. The number of morpholine rings is 1. The first-order valence-corrected chi connectivity index (χ1v) is 12.1. The Hall–Kier alpha value is -3.36. The Kier molecular flexibility index (Phi) is 6.67. The topological polar surface area (TPSA) is 84.9 Å². The standard InChI is InChI=1S/C25H26N2O5S/c1-18-7-8-19(2)24(17-18)33(29,30)32-21-11-9-20(10-12-21)25(28)26-22-5-3-4-6-23(22)27-13-15-31-16-14-27/h3-12,17H,13-16H2,1-2H3,(H,26,28). The number of benzene rings is 3. The second-order valence-electron chi connectivity index (χ2n) is 7.90. The fourth-order valence-electron chi connectivity index (χ4n) is 3.66. The lowest BCUT2D eigenvalue weighted by Crippen LogP contribution is -2.36. The average Bonchev–Trinajstić information content (AvgIpc) is 2.81. The van der Waals surface area contributed by atoms with Crippen LogP contribution in [0.2, 0.25) is 0 Å². The Bertz CT molecular complexity index is 1250. The van der Waals surface area contributed by atoms with Crippen LogP contribution in [0, 0.1) is 13.8 Å². The van der Waals surface area contributed by atoms with E-state index in [1.807, 2.05) is 37.3 Å². The number of para-hydroxylation sites is 2. The molecule has 33 heavy (non-hydrogen) atoms. The van der Waals surface area contributed by atoms with E-state index in [2.05, 4.69) is 10.2 Å². The molecule has 1 amide bonds. The van der Waals surface area contributed by atoms with E-state index in [4.69, 9.17) is 8.92 Å². The number of aryl methyl sites for hydroxylation is 2. The van der Waals surface area contributed by atoms with Gasteiger partial charge in [0.1, 0.15) is 10.6 Å². The van der Waals surface area contributed by atoms with E-state index in [1.54, 1.807) is 31.2 Å². The number of carbonyl (C=O) groups is 1. The summed E-state index contributed by atoms with van der Waals surface area (Å²) in [6, 6.07) is 18.8. The van der Waals surface area contributed by atoms with Crippen molar-refractivity contribution < 1.29 is 22.1 Å². The minimum atomic E-state index is -3.98. The van der Waals surface area contributed by atoms with Crippen LogP contribution >= 0.6 is 0 Å². The van der Waals surface area contributed by atoms with Gasteiger partial charge in [-0.25, -0.2) is 0 Å². The molecule has 0 saturated carbocycles. The zero-order valence-electron chi connectivity index (χ0n) is 18.6. The Morgan fingerprint density at radius 2 is 1.67 bits per heavy atom. The molecule has 1 heterocycles. The van der Waals surface area contributed by atoms with Crippen molar-refractivity contribution in [2.24, 2.45) is 0 Å². The summed E-state index contributed by atoms with van der Waals surface area (Å²) in [6.07, 6.45) is 0. The van der Waals surface area contributed by atoms with Gasteiger partial charge < -0.3 is 19.1 Å². The molecule has 1 aliphatic heterocycles. The van der Waals surface area contributed by atoms with Crippen LogP contribution in [-0.4, -0.2) is 40.6 Å². The Morgan fingerprint density at radius 3 is 2.39 bits per heavy atom. The van der Waals surface area contributed by atoms with Crippen LogP contribution in [0.3, 0.4) is 0 Å². The molecule has 172 valence electrons. The van der Waals surface area contributed by atoms with Gasteiger partial charge in [-0.2, -0.15) is 8.42 Å². The molecule has 0 radical (unpaired) electrons. The first-order chi connectivity index (χ1) is 15.8. The van der Waals surface area contributed by atoms with Gasteiger partial charge in [-0.15, -0.1) is 0 Å². The van der Waals surface area contributed by atoms with Crippen molar-refractivity contribution in [1.82, 2.24) is 0 Å². The summed E-state index contributed by atoms with van der Waals surface area (Å²) in [4.78, 5) is 15.1. The molecule has 0 aromatic heterocycles. The van der Waals surface area contributed by atoms with Gasteiger partial charge in [0.25, 0.3) is 5.91 Å². The molecule has 0 unspecified atom stereocenters. The number of anilines is 2. The highest BCUT2D eigenvalue weighted by Crippen LogP contribution is 2.27. The molecule has 1 saturated heterocycles. The van der Waals surface area contributed by atoms with Crippen molar-refractivity contribution in [3.63, 3.8) is 0 Å². The molecule has 1 fully saturated rings. The summed E-state index contributed by atoms with van der Waals surface area (Å²) in [6.45, 7) is 6.35. The van der Waals surface area contributed by atoms with Crippen molar-refractivity contribution in [1.29, 1.82) is 0 Å². The van der Waals surface area contributed by atoms with Crippen molar-refractivity contribution in [2.75, 3.05) is 36.5 Å². The van der Waals surface area contributed by atoms with Crippen molar-refractivity contribution in [2.45, 2.75) is 18.7 Å². The van der Waals surface area contributed by atoms with Crippen LogP contribution < -0.4 is 14.4 Å². The lowest BCUT2D eigenvalue weighted by Gasteiger charge is -2.30. The maximum absolute atomic E-state index is 12.8. The number of ether oxygens (including phenoxy) is 1. The number of amides is 1. The van der Waals surface area contributed by atoms with Crippen LogP contribution in [-0.2, 0) is 14.9 Å². The summed E-state index contributed by atoms with van der Waals surface area (Å²) in [5.41, 5.74) is 3.47. The van der Waals surface area contributed by atoms with Crippen LogP contribution in [0.4, 0.5) is 11.4 Å². The molecule has 0 aliphatic carbocycles. The zero-order valence-corrected chi connectivity index (χ0v) is 19.4. The number of rotatable bonds is 6. The molecule has 1 N–H and O–H groups in total. The molecular weight excluding hydrogens is 440 g/mol. The lowest BCUT2D eigenvalue weighted by atomic mass is 10.2. The smallest absolute Gasteiger partial charge is 0.339 e. The summed E-state index contributed by atoms with van der Waals surface area (Å²) >= 11 is 0. The van der Waals surface area contributed by atoms with Gasteiger partial charge in [0.2, 0.25) is 0 Å². The predicted molar refractivity (Wildman–Crippen MR) is 128 cm³/mol. The number of hydrogen-bond acceptors (Lipinski definition) is 6. The Balaban J connectivity index is 1.48.